The van der Waals surface area contributed by atoms with Gasteiger partial charge in [-0.15, -0.1) is 0 Å². The minimum Gasteiger partial charge on any atom is -0.312 e. The second kappa shape index (κ2) is 5.43. The summed E-state index contributed by atoms with van der Waals surface area (Å²) in [6.07, 6.45) is 0. The van der Waals surface area contributed by atoms with Crippen LogP contribution in [0.25, 0.3) is 14.5 Å². The molecule has 0 radical (unpaired) electrons. The molecule has 0 amide bonds. The van der Waals surface area contributed by atoms with Gasteiger partial charge in [-0.3, -0.25) is 0 Å². The second-order valence-electron chi connectivity index (χ2n) is 3.11. The molecule has 15 heavy (non-hydrogen) atoms. The molecule has 0 bridgehead atoms. The van der Waals surface area contributed by atoms with Crippen LogP contribution in [0.2, 0.25) is 0 Å². The third kappa shape index (κ3) is 3.14. The number of hydrogen-bond donors (Lipinski definition) is 0. The molecule has 1 aromatic rings. The number of nitrogens with zero attached hydrogens (tertiary/aromatic N) is 3. The summed E-state index contributed by atoms with van der Waals surface area (Å²) in [4.78, 5) is 9.91. The highest BCUT2D eigenvalue weighted by Gasteiger charge is 2.05. The van der Waals surface area contributed by atoms with Crippen molar-refractivity contribution in [2.24, 2.45) is 0 Å². The number of hydrogen-bond acceptors (Lipinski definition) is 0. The molecule has 0 aliphatic rings. The molecule has 0 atom stereocenters. The van der Waals surface area contributed by atoms with Crippen LogP contribution in [-0.2, 0) is 19.6 Å². The van der Waals surface area contributed by atoms with E-state index in [1.54, 1.807) is 0 Å². The van der Waals surface area contributed by atoms with Crippen molar-refractivity contribution >= 4 is 0 Å². The fourth-order valence-corrected chi connectivity index (χ4v) is 1.39. The topological polar surface area (TPSA) is 13.1 Å². The molecule has 0 saturated heterocycles. The largest absolute Gasteiger partial charge is 0.312 e. The normalized spacial score (nSPS) is 8.60. The molecule has 1 aromatic carbocycles. The molecular formula is C12H9N3. The van der Waals surface area contributed by atoms with E-state index in [4.69, 9.17) is 19.7 Å². The van der Waals surface area contributed by atoms with Crippen molar-refractivity contribution < 1.29 is 0 Å². The van der Waals surface area contributed by atoms with Crippen LogP contribution in [0, 0.1) is 19.7 Å². The molecule has 0 heterocycles. The van der Waals surface area contributed by atoms with E-state index in [1.807, 2.05) is 18.2 Å². The Labute approximate surface area is 89.4 Å². The minimum atomic E-state index is 0.316. The summed E-state index contributed by atoms with van der Waals surface area (Å²) in [5, 5.41) is 0. The van der Waals surface area contributed by atoms with Gasteiger partial charge in [-0.05, 0) is 18.2 Å². The van der Waals surface area contributed by atoms with Gasteiger partial charge in [0, 0.05) is 16.7 Å². The van der Waals surface area contributed by atoms with Crippen LogP contribution in [0.15, 0.2) is 18.2 Å². The second-order valence-corrected chi connectivity index (χ2v) is 3.11. The molecule has 0 spiro atoms. The van der Waals surface area contributed by atoms with Gasteiger partial charge in [-0.1, -0.05) is 0 Å². The summed E-state index contributed by atoms with van der Waals surface area (Å²) < 4.78 is 0. The highest BCUT2D eigenvalue weighted by Crippen LogP contribution is 2.13. The van der Waals surface area contributed by atoms with Gasteiger partial charge in [-0.2, -0.15) is 0 Å². The first-order chi connectivity index (χ1) is 7.30. The standard InChI is InChI=1S/C12H9N3/c1-13-7-10-4-11(8-14-2)6-12(5-10)9-15-3/h4-6H,7-9H2. The molecule has 0 N–H and O–H groups in total. The zero-order valence-electron chi connectivity index (χ0n) is 8.20. The lowest BCUT2D eigenvalue weighted by Crippen LogP contribution is -1.90. The van der Waals surface area contributed by atoms with Crippen molar-refractivity contribution in [1.29, 1.82) is 0 Å². The van der Waals surface area contributed by atoms with Gasteiger partial charge in [0.2, 0.25) is 19.6 Å². The summed E-state index contributed by atoms with van der Waals surface area (Å²) >= 11 is 0. The summed E-state index contributed by atoms with van der Waals surface area (Å²) in [5.41, 5.74) is 2.68. The molecule has 3 heteroatoms. The Morgan fingerprint density at radius 3 is 1.13 bits per heavy atom. The maximum atomic E-state index is 6.79. The van der Waals surface area contributed by atoms with Crippen molar-refractivity contribution in [1.82, 2.24) is 0 Å². The third-order valence-electron chi connectivity index (χ3n) is 1.90. The SMILES string of the molecule is [C-]#[N+]Cc1cc(C[N+]#[C-])cc(C[N+]#[C-])c1. The fourth-order valence-electron chi connectivity index (χ4n) is 1.39. The fraction of sp³-hybridized carbons (Fsp3) is 0.250. The number of benzene rings is 1. The highest BCUT2D eigenvalue weighted by molar-refractivity contribution is 5.32. The van der Waals surface area contributed by atoms with E-state index >= 15 is 0 Å². The van der Waals surface area contributed by atoms with E-state index in [1.165, 1.54) is 0 Å². The van der Waals surface area contributed by atoms with Gasteiger partial charge >= 0.3 is 0 Å². The first-order valence-electron chi connectivity index (χ1n) is 4.41. The lowest BCUT2D eigenvalue weighted by molar-refractivity contribution is 1.14. The quantitative estimate of drug-likeness (QED) is 0.658. The van der Waals surface area contributed by atoms with Gasteiger partial charge < -0.3 is 14.5 Å². The van der Waals surface area contributed by atoms with Crippen LogP contribution in [0.4, 0.5) is 0 Å². The minimum absolute atomic E-state index is 0.316. The highest BCUT2D eigenvalue weighted by atomic mass is 14.6. The predicted octanol–water partition coefficient (Wildman–Crippen LogP) is 2.94. The molecule has 0 aromatic heterocycles. The monoisotopic (exact) mass is 195 g/mol. The Morgan fingerprint density at radius 2 is 0.933 bits per heavy atom. The van der Waals surface area contributed by atoms with Gasteiger partial charge in [-0.25, -0.2) is 19.7 Å². The van der Waals surface area contributed by atoms with Crippen LogP contribution < -0.4 is 0 Å². The molecule has 1 rings (SSSR count). The van der Waals surface area contributed by atoms with Crippen molar-refractivity contribution in [3.05, 3.63) is 69.1 Å². The molecule has 0 aliphatic heterocycles. The van der Waals surface area contributed by atoms with Crippen LogP contribution in [0.1, 0.15) is 16.7 Å². The van der Waals surface area contributed by atoms with Crippen molar-refractivity contribution in [2.45, 2.75) is 19.6 Å². The average molecular weight is 195 g/mol. The third-order valence-corrected chi connectivity index (χ3v) is 1.90. The van der Waals surface area contributed by atoms with E-state index in [0.717, 1.165) is 16.7 Å². The zero-order valence-corrected chi connectivity index (χ0v) is 8.20. The molecule has 0 saturated carbocycles. The molecule has 0 unspecified atom stereocenters. The van der Waals surface area contributed by atoms with E-state index in [9.17, 15) is 0 Å². The molecular weight excluding hydrogens is 186 g/mol. The van der Waals surface area contributed by atoms with E-state index in [0.29, 0.717) is 19.6 Å². The van der Waals surface area contributed by atoms with Crippen molar-refractivity contribution in [2.75, 3.05) is 0 Å². The average Bonchev–Trinajstić information content (AvgIpc) is 2.19. The smallest absolute Gasteiger partial charge is 0.239 e. The predicted molar refractivity (Wildman–Crippen MR) is 57.4 cm³/mol. The molecule has 72 valence electrons. The van der Waals surface area contributed by atoms with Crippen LogP contribution >= 0.6 is 0 Å². The summed E-state index contributed by atoms with van der Waals surface area (Å²) in [5.74, 6) is 0. The van der Waals surface area contributed by atoms with Gasteiger partial charge in [0.1, 0.15) is 0 Å². The molecule has 0 aliphatic carbocycles. The van der Waals surface area contributed by atoms with Crippen molar-refractivity contribution in [3.8, 4) is 0 Å². The molecule has 3 nitrogen and oxygen atoms in total. The summed E-state index contributed by atoms with van der Waals surface area (Å²) in [6, 6.07) is 5.59. The lowest BCUT2D eigenvalue weighted by atomic mass is 10.1. The maximum Gasteiger partial charge on any atom is 0.239 e. The Hall–Kier alpha value is -2.31. The van der Waals surface area contributed by atoms with Gasteiger partial charge in [0.15, 0.2) is 0 Å². The lowest BCUT2D eigenvalue weighted by Gasteiger charge is -1.98. The Kier molecular flexibility index (Phi) is 3.90. The van der Waals surface area contributed by atoms with Gasteiger partial charge in [0.25, 0.3) is 0 Å². The Balaban J connectivity index is 3.05. The first-order valence-corrected chi connectivity index (χ1v) is 4.41. The van der Waals surface area contributed by atoms with Gasteiger partial charge in [0.05, 0.1) is 0 Å². The van der Waals surface area contributed by atoms with Crippen molar-refractivity contribution in [3.63, 3.8) is 0 Å². The maximum absolute atomic E-state index is 6.79. The Bertz CT molecular complexity index is 385. The Morgan fingerprint density at radius 1 is 0.667 bits per heavy atom. The van der Waals surface area contributed by atoms with E-state index in [-0.39, 0.29) is 0 Å². The van der Waals surface area contributed by atoms with E-state index in [2.05, 4.69) is 14.5 Å². The zero-order chi connectivity index (χ0) is 11.1. The number of rotatable bonds is 3. The summed E-state index contributed by atoms with van der Waals surface area (Å²) in [7, 11) is 0. The van der Waals surface area contributed by atoms with Crippen LogP contribution in [0.3, 0.4) is 0 Å². The van der Waals surface area contributed by atoms with Crippen LogP contribution in [-0.4, -0.2) is 0 Å². The van der Waals surface area contributed by atoms with E-state index < -0.39 is 0 Å². The van der Waals surface area contributed by atoms with Crippen LogP contribution in [0.5, 0.6) is 0 Å². The first kappa shape index (κ1) is 10.8. The molecule has 0 fully saturated rings. The summed E-state index contributed by atoms with van der Waals surface area (Å²) in [6.45, 7) is 21.3.